The fourth-order valence-corrected chi connectivity index (χ4v) is 2.91. The van der Waals surface area contributed by atoms with Gasteiger partial charge in [-0.25, -0.2) is 0 Å². The number of quaternary nitrogens is 1. The monoisotopic (exact) mass is 314 g/mol. The molecule has 1 unspecified atom stereocenters. The average Bonchev–Trinajstić information content (AvgIpc) is 2.46. The summed E-state index contributed by atoms with van der Waals surface area (Å²) in [5, 5.41) is 9.95. The van der Waals surface area contributed by atoms with E-state index in [4.69, 9.17) is 0 Å². The molecule has 0 heterocycles. The third kappa shape index (κ3) is 14.8. The molecule has 134 valence electrons. The number of nitrogens with zero attached hydrogens (tertiary/aromatic N) is 1. The lowest BCUT2D eigenvalue weighted by Gasteiger charge is -2.29. The van der Waals surface area contributed by atoms with Crippen LogP contribution in [0.2, 0.25) is 0 Å². The molecule has 0 saturated heterocycles. The highest BCUT2D eigenvalue weighted by Crippen LogP contribution is 2.14. The van der Waals surface area contributed by atoms with Crippen LogP contribution in [0.5, 0.6) is 0 Å². The molecule has 0 fully saturated rings. The maximum atomic E-state index is 9.95. The van der Waals surface area contributed by atoms with Crippen LogP contribution in [0.1, 0.15) is 103 Å². The summed E-state index contributed by atoms with van der Waals surface area (Å²) in [5.41, 5.74) is 0. The first-order valence-electron chi connectivity index (χ1n) is 9.97. The first-order valence-corrected chi connectivity index (χ1v) is 9.97. The summed E-state index contributed by atoms with van der Waals surface area (Å²) in [6.07, 6.45) is 20.2. The van der Waals surface area contributed by atoms with Crippen molar-refractivity contribution >= 4 is 0 Å². The average molecular weight is 315 g/mol. The molecular formula is C20H44NO+. The Morgan fingerprint density at radius 2 is 0.909 bits per heavy atom. The van der Waals surface area contributed by atoms with Crippen molar-refractivity contribution in [3.05, 3.63) is 0 Å². The first kappa shape index (κ1) is 21.9. The van der Waals surface area contributed by atoms with Crippen molar-refractivity contribution in [1.82, 2.24) is 0 Å². The van der Waals surface area contributed by atoms with E-state index in [0.29, 0.717) is 4.48 Å². The van der Waals surface area contributed by atoms with E-state index >= 15 is 0 Å². The Kier molecular flexibility index (Phi) is 14.5. The van der Waals surface area contributed by atoms with Crippen molar-refractivity contribution in [1.29, 1.82) is 0 Å². The van der Waals surface area contributed by atoms with E-state index in [1.807, 2.05) is 0 Å². The van der Waals surface area contributed by atoms with Crippen LogP contribution in [0.15, 0.2) is 0 Å². The van der Waals surface area contributed by atoms with Crippen LogP contribution in [0, 0.1) is 0 Å². The Morgan fingerprint density at radius 1 is 0.591 bits per heavy atom. The molecule has 2 nitrogen and oxygen atoms in total. The molecule has 22 heavy (non-hydrogen) atoms. The van der Waals surface area contributed by atoms with Gasteiger partial charge in [-0.3, -0.25) is 0 Å². The summed E-state index contributed by atoms with van der Waals surface area (Å²) in [4.78, 5) is 0. The van der Waals surface area contributed by atoms with Gasteiger partial charge in [-0.15, -0.1) is 0 Å². The van der Waals surface area contributed by atoms with Crippen LogP contribution in [0.25, 0.3) is 0 Å². The van der Waals surface area contributed by atoms with Crippen molar-refractivity contribution in [2.24, 2.45) is 0 Å². The highest BCUT2D eigenvalue weighted by molar-refractivity contribution is 4.50. The molecule has 1 N–H and O–H groups in total. The molecule has 0 radical (unpaired) electrons. The summed E-state index contributed by atoms with van der Waals surface area (Å²) in [6.45, 7) is 2.28. The lowest BCUT2D eigenvalue weighted by atomic mass is 10.0. The fraction of sp³-hybridized carbons (Fsp3) is 1.00. The second-order valence-electron chi connectivity index (χ2n) is 7.98. The van der Waals surface area contributed by atoms with E-state index in [1.54, 1.807) is 0 Å². The normalized spacial score (nSPS) is 13.5. The van der Waals surface area contributed by atoms with Crippen molar-refractivity contribution in [2.75, 3.05) is 21.1 Å². The quantitative estimate of drug-likeness (QED) is 0.214. The fourth-order valence-electron chi connectivity index (χ4n) is 2.91. The molecule has 0 aromatic heterocycles. The second-order valence-corrected chi connectivity index (χ2v) is 7.98. The zero-order chi connectivity index (χ0) is 16.7. The molecule has 0 aliphatic rings. The molecule has 1 atom stereocenters. The number of hydrogen-bond acceptors (Lipinski definition) is 1. The summed E-state index contributed by atoms with van der Waals surface area (Å²) < 4.78 is 0.665. The Morgan fingerprint density at radius 3 is 1.23 bits per heavy atom. The van der Waals surface area contributed by atoms with E-state index in [0.717, 1.165) is 6.42 Å². The topological polar surface area (TPSA) is 20.2 Å². The van der Waals surface area contributed by atoms with Crippen LogP contribution in [0.3, 0.4) is 0 Å². The number of rotatable bonds is 16. The molecule has 0 rings (SSSR count). The highest BCUT2D eigenvalue weighted by Gasteiger charge is 2.19. The van der Waals surface area contributed by atoms with E-state index in [2.05, 4.69) is 28.1 Å². The summed E-state index contributed by atoms with van der Waals surface area (Å²) >= 11 is 0. The van der Waals surface area contributed by atoms with Crippen LogP contribution in [-0.4, -0.2) is 37.0 Å². The number of hydrogen-bond donors (Lipinski definition) is 1. The van der Waals surface area contributed by atoms with Gasteiger partial charge in [-0.05, 0) is 6.42 Å². The molecule has 0 amide bonds. The lowest BCUT2D eigenvalue weighted by Crippen LogP contribution is -2.44. The molecule has 0 aliphatic carbocycles. The molecular weight excluding hydrogens is 270 g/mol. The van der Waals surface area contributed by atoms with Gasteiger partial charge in [-0.2, -0.15) is 0 Å². The maximum absolute atomic E-state index is 9.95. The smallest absolute Gasteiger partial charge is 0.189 e. The van der Waals surface area contributed by atoms with Gasteiger partial charge in [0.2, 0.25) is 0 Å². The van der Waals surface area contributed by atoms with Gasteiger partial charge in [-0.1, -0.05) is 90.4 Å². The Labute approximate surface area is 140 Å². The molecule has 0 aliphatic heterocycles. The minimum absolute atomic E-state index is 0.197. The number of unbranched alkanes of at least 4 members (excludes halogenated alkanes) is 13. The Balaban J connectivity index is 3.12. The molecule has 0 aromatic rings. The minimum atomic E-state index is -0.197. The maximum Gasteiger partial charge on any atom is 0.189 e. The van der Waals surface area contributed by atoms with Crippen LogP contribution >= 0.6 is 0 Å². The molecule has 0 aromatic carbocycles. The van der Waals surface area contributed by atoms with Gasteiger partial charge in [0.25, 0.3) is 0 Å². The van der Waals surface area contributed by atoms with Gasteiger partial charge in [0.05, 0.1) is 21.1 Å². The van der Waals surface area contributed by atoms with Crippen molar-refractivity contribution in [3.63, 3.8) is 0 Å². The van der Waals surface area contributed by atoms with Crippen molar-refractivity contribution in [3.8, 4) is 0 Å². The molecule has 0 spiro atoms. The molecule has 0 saturated carbocycles. The predicted octanol–water partition coefficient (Wildman–Crippen LogP) is 5.88. The Bertz CT molecular complexity index is 222. The van der Waals surface area contributed by atoms with Gasteiger partial charge >= 0.3 is 0 Å². The minimum Gasteiger partial charge on any atom is -0.345 e. The van der Waals surface area contributed by atoms with Gasteiger partial charge in [0.1, 0.15) is 0 Å². The van der Waals surface area contributed by atoms with Crippen LogP contribution in [-0.2, 0) is 0 Å². The summed E-state index contributed by atoms with van der Waals surface area (Å²) in [6, 6.07) is 0. The van der Waals surface area contributed by atoms with Gasteiger partial charge in [0.15, 0.2) is 6.23 Å². The third-order valence-electron chi connectivity index (χ3n) is 4.71. The van der Waals surface area contributed by atoms with Crippen LogP contribution < -0.4 is 0 Å². The summed E-state index contributed by atoms with van der Waals surface area (Å²) in [7, 11) is 6.19. The third-order valence-corrected chi connectivity index (χ3v) is 4.71. The van der Waals surface area contributed by atoms with E-state index in [-0.39, 0.29) is 6.23 Å². The first-order chi connectivity index (χ1) is 10.5. The zero-order valence-electron chi connectivity index (χ0n) is 16.1. The Hall–Kier alpha value is -0.0800. The van der Waals surface area contributed by atoms with Crippen molar-refractivity contribution < 1.29 is 9.59 Å². The van der Waals surface area contributed by atoms with Gasteiger partial charge < -0.3 is 9.59 Å². The number of aliphatic hydroxyl groups excluding tert-OH is 1. The van der Waals surface area contributed by atoms with E-state index in [9.17, 15) is 5.11 Å². The number of aliphatic hydroxyl groups is 1. The SMILES string of the molecule is CCCCCCCCCCCCCCCCC(O)[N+](C)(C)C. The van der Waals surface area contributed by atoms with Crippen molar-refractivity contribution in [2.45, 2.75) is 109 Å². The standard InChI is InChI=1S/C20H44NO/c1-5-6-7-8-9-10-11-12-13-14-15-16-17-18-19-20(22)21(2,3)4/h20,22H,5-19H2,1-4H3/q+1. The zero-order valence-corrected chi connectivity index (χ0v) is 16.1. The lowest BCUT2D eigenvalue weighted by molar-refractivity contribution is -0.919. The molecule has 0 bridgehead atoms. The van der Waals surface area contributed by atoms with E-state index < -0.39 is 0 Å². The summed E-state index contributed by atoms with van der Waals surface area (Å²) in [5.74, 6) is 0. The van der Waals surface area contributed by atoms with Gasteiger partial charge in [0, 0.05) is 6.42 Å². The second kappa shape index (κ2) is 14.5. The highest BCUT2D eigenvalue weighted by atomic mass is 16.3. The van der Waals surface area contributed by atoms with Crippen LogP contribution in [0.4, 0.5) is 0 Å². The molecule has 2 heteroatoms. The predicted molar refractivity (Wildman–Crippen MR) is 99.0 cm³/mol. The van der Waals surface area contributed by atoms with E-state index in [1.165, 1.54) is 89.9 Å². The largest absolute Gasteiger partial charge is 0.345 e.